The lowest BCUT2D eigenvalue weighted by molar-refractivity contribution is -0.131. The number of aromatic nitrogens is 2. The van der Waals surface area contributed by atoms with E-state index in [1.165, 1.54) is 16.1 Å². The number of aryl methyl sites for hydroxylation is 1. The zero-order valence-electron chi connectivity index (χ0n) is 16.4. The van der Waals surface area contributed by atoms with Gasteiger partial charge in [-0.05, 0) is 49.6 Å². The minimum atomic E-state index is 0.230. The molecule has 0 radical (unpaired) electrons. The first-order valence-corrected chi connectivity index (χ1v) is 11.3. The number of thiophene rings is 1. The van der Waals surface area contributed by atoms with Gasteiger partial charge in [0.15, 0.2) is 5.16 Å². The minimum absolute atomic E-state index is 0.230. The first-order chi connectivity index (χ1) is 12.4. The van der Waals surface area contributed by atoms with E-state index in [9.17, 15) is 4.79 Å². The summed E-state index contributed by atoms with van der Waals surface area (Å²) in [5.74, 6) is 1.25. The van der Waals surface area contributed by atoms with Gasteiger partial charge in [0.05, 0.1) is 17.5 Å². The van der Waals surface area contributed by atoms with Crippen LogP contribution in [-0.2, 0) is 17.8 Å². The molecule has 142 valence electrons. The Labute approximate surface area is 165 Å². The van der Waals surface area contributed by atoms with Gasteiger partial charge in [-0.1, -0.05) is 32.5 Å². The molecule has 0 bridgehead atoms. The van der Waals surface area contributed by atoms with Gasteiger partial charge in [-0.2, -0.15) is 0 Å². The topological polar surface area (TPSA) is 38.1 Å². The molecule has 2 aromatic rings. The molecule has 0 saturated carbocycles. The molecule has 26 heavy (non-hydrogen) atoms. The minimum Gasteiger partial charge on any atom is -0.335 e. The highest BCUT2D eigenvalue weighted by Gasteiger charge is 2.30. The third-order valence-electron chi connectivity index (χ3n) is 5.10. The average Bonchev–Trinajstić information content (AvgIpc) is 3.18. The second kappa shape index (κ2) is 8.17. The SMILES string of the molecule is CCC1c2ccsc2CCN1C(=O)CSc1nc(C)c(C)n1CC(C)C. The molecular weight excluding hydrogens is 362 g/mol. The summed E-state index contributed by atoms with van der Waals surface area (Å²) in [4.78, 5) is 21.2. The molecule has 3 heterocycles. The summed E-state index contributed by atoms with van der Waals surface area (Å²) in [6.45, 7) is 12.6. The van der Waals surface area contributed by atoms with Crippen LogP contribution < -0.4 is 0 Å². The van der Waals surface area contributed by atoms with E-state index >= 15 is 0 Å². The molecule has 0 N–H and O–H groups in total. The van der Waals surface area contributed by atoms with Crippen molar-refractivity contribution in [2.75, 3.05) is 12.3 Å². The normalized spacial score (nSPS) is 17.0. The molecular formula is C20H29N3OS2. The fourth-order valence-corrected chi connectivity index (χ4v) is 5.57. The predicted molar refractivity (Wildman–Crippen MR) is 110 cm³/mol. The van der Waals surface area contributed by atoms with Crippen molar-refractivity contribution in [1.29, 1.82) is 0 Å². The van der Waals surface area contributed by atoms with Crippen LogP contribution in [-0.4, -0.2) is 32.7 Å². The van der Waals surface area contributed by atoms with Gasteiger partial charge < -0.3 is 9.47 Å². The van der Waals surface area contributed by atoms with E-state index in [1.807, 2.05) is 18.3 Å². The van der Waals surface area contributed by atoms with Gasteiger partial charge in [-0.25, -0.2) is 4.98 Å². The number of carbonyl (C=O) groups excluding carboxylic acids is 1. The second-order valence-corrected chi connectivity index (χ2v) is 9.36. The van der Waals surface area contributed by atoms with Crippen LogP contribution in [0, 0.1) is 19.8 Å². The van der Waals surface area contributed by atoms with Gasteiger partial charge in [0.1, 0.15) is 0 Å². The molecule has 1 amide bonds. The largest absolute Gasteiger partial charge is 0.335 e. The highest BCUT2D eigenvalue weighted by atomic mass is 32.2. The second-order valence-electron chi connectivity index (χ2n) is 7.42. The molecule has 2 aromatic heterocycles. The molecule has 1 aliphatic heterocycles. The predicted octanol–water partition coefficient (Wildman–Crippen LogP) is 4.85. The van der Waals surface area contributed by atoms with Gasteiger partial charge in [-0.3, -0.25) is 4.79 Å². The van der Waals surface area contributed by atoms with E-state index in [4.69, 9.17) is 4.98 Å². The molecule has 1 unspecified atom stereocenters. The summed E-state index contributed by atoms with van der Waals surface area (Å²) in [5.41, 5.74) is 3.63. The van der Waals surface area contributed by atoms with Gasteiger partial charge >= 0.3 is 0 Å². The van der Waals surface area contributed by atoms with Crippen LogP contribution in [0.1, 0.15) is 55.1 Å². The number of imidazole rings is 1. The van der Waals surface area contributed by atoms with Crippen LogP contribution in [0.3, 0.4) is 0 Å². The van der Waals surface area contributed by atoms with E-state index in [-0.39, 0.29) is 11.9 Å². The van der Waals surface area contributed by atoms with Crippen molar-refractivity contribution >= 4 is 29.0 Å². The molecule has 1 atom stereocenters. The van der Waals surface area contributed by atoms with Crippen molar-refractivity contribution in [2.24, 2.45) is 5.92 Å². The van der Waals surface area contributed by atoms with E-state index in [0.29, 0.717) is 11.7 Å². The van der Waals surface area contributed by atoms with Crippen LogP contribution in [0.15, 0.2) is 16.6 Å². The molecule has 6 heteroatoms. The zero-order valence-corrected chi connectivity index (χ0v) is 18.0. The monoisotopic (exact) mass is 391 g/mol. The fourth-order valence-electron chi connectivity index (χ4n) is 3.66. The van der Waals surface area contributed by atoms with Crippen molar-refractivity contribution in [3.63, 3.8) is 0 Å². The molecule has 3 rings (SSSR count). The number of thioether (sulfide) groups is 1. The lowest BCUT2D eigenvalue weighted by Gasteiger charge is -2.35. The standard InChI is InChI=1S/C20H29N3OS2/c1-6-17-16-8-10-25-18(16)7-9-22(17)19(24)12-26-20-21-14(4)15(5)23(20)11-13(2)3/h8,10,13,17H,6-7,9,11-12H2,1-5H3. The van der Waals surface area contributed by atoms with Gasteiger partial charge in [0, 0.05) is 23.7 Å². The Kier molecular flexibility index (Phi) is 6.13. The Morgan fingerprint density at radius 1 is 1.42 bits per heavy atom. The van der Waals surface area contributed by atoms with Crippen molar-refractivity contribution in [2.45, 2.75) is 65.2 Å². The van der Waals surface area contributed by atoms with E-state index in [1.54, 1.807) is 11.8 Å². The van der Waals surface area contributed by atoms with Crippen LogP contribution >= 0.6 is 23.1 Å². The molecule has 0 aliphatic carbocycles. The smallest absolute Gasteiger partial charge is 0.233 e. The van der Waals surface area contributed by atoms with Crippen molar-refractivity contribution in [3.8, 4) is 0 Å². The van der Waals surface area contributed by atoms with E-state index in [0.717, 1.165) is 36.8 Å². The summed E-state index contributed by atoms with van der Waals surface area (Å²) in [6, 6.07) is 2.43. The van der Waals surface area contributed by atoms with Crippen molar-refractivity contribution < 1.29 is 4.79 Å². The van der Waals surface area contributed by atoms with Crippen LogP contribution in [0.2, 0.25) is 0 Å². The molecule has 1 aliphatic rings. The van der Waals surface area contributed by atoms with Gasteiger partial charge in [-0.15, -0.1) is 11.3 Å². The van der Waals surface area contributed by atoms with Crippen molar-refractivity contribution in [1.82, 2.24) is 14.5 Å². The summed E-state index contributed by atoms with van der Waals surface area (Å²) in [5, 5.41) is 3.13. The number of hydrogen-bond acceptors (Lipinski definition) is 4. The number of rotatable bonds is 6. The third kappa shape index (κ3) is 3.86. The number of hydrogen-bond donors (Lipinski definition) is 0. The van der Waals surface area contributed by atoms with Crippen LogP contribution in [0.4, 0.5) is 0 Å². The lowest BCUT2D eigenvalue weighted by Crippen LogP contribution is -2.40. The maximum absolute atomic E-state index is 13.0. The Balaban J connectivity index is 1.71. The Morgan fingerprint density at radius 2 is 2.19 bits per heavy atom. The highest BCUT2D eigenvalue weighted by Crippen LogP contribution is 2.35. The van der Waals surface area contributed by atoms with Gasteiger partial charge in [0.25, 0.3) is 0 Å². The maximum Gasteiger partial charge on any atom is 0.233 e. The van der Waals surface area contributed by atoms with Crippen LogP contribution in [0.25, 0.3) is 0 Å². The Hall–Kier alpha value is -1.27. The zero-order chi connectivity index (χ0) is 18.8. The van der Waals surface area contributed by atoms with Crippen LogP contribution in [0.5, 0.6) is 0 Å². The Bertz CT molecular complexity index is 778. The quantitative estimate of drug-likeness (QED) is 0.661. The third-order valence-corrected chi connectivity index (χ3v) is 7.05. The number of carbonyl (C=O) groups is 1. The summed E-state index contributed by atoms with van der Waals surface area (Å²) >= 11 is 3.41. The first kappa shape index (κ1) is 19.5. The number of fused-ring (bicyclic) bond motifs is 1. The number of amides is 1. The molecule has 0 saturated heterocycles. The molecule has 0 aromatic carbocycles. The van der Waals surface area contributed by atoms with Crippen molar-refractivity contribution in [3.05, 3.63) is 33.3 Å². The molecule has 0 fully saturated rings. The summed E-state index contributed by atoms with van der Waals surface area (Å²) in [7, 11) is 0. The van der Waals surface area contributed by atoms with E-state index < -0.39 is 0 Å². The molecule has 0 spiro atoms. The summed E-state index contributed by atoms with van der Waals surface area (Å²) in [6.07, 6.45) is 1.96. The highest BCUT2D eigenvalue weighted by molar-refractivity contribution is 7.99. The average molecular weight is 392 g/mol. The Morgan fingerprint density at radius 3 is 2.88 bits per heavy atom. The fraction of sp³-hybridized carbons (Fsp3) is 0.600. The van der Waals surface area contributed by atoms with Gasteiger partial charge in [0.2, 0.25) is 5.91 Å². The molecule has 4 nitrogen and oxygen atoms in total. The summed E-state index contributed by atoms with van der Waals surface area (Å²) < 4.78 is 2.27. The maximum atomic E-state index is 13.0. The lowest BCUT2D eigenvalue weighted by atomic mass is 9.98. The number of nitrogens with zero attached hydrogens (tertiary/aromatic N) is 3. The van der Waals surface area contributed by atoms with E-state index in [2.05, 4.69) is 48.6 Å². The first-order valence-electron chi connectivity index (χ1n) is 9.44.